The normalized spacial score (nSPS) is 23.6. The first kappa shape index (κ1) is 14.8. The molecule has 0 aromatic carbocycles. The molecule has 2 aliphatic heterocycles. The first-order valence-electron chi connectivity index (χ1n) is 8.45. The van der Waals surface area contributed by atoms with Gasteiger partial charge in [-0.3, -0.25) is 9.58 Å². The van der Waals surface area contributed by atoms with Crippen molar-refractivity contribution in [2.24, 2.45) is 7.05 Å². The van der Waals surface area contributed by atoms with E-state index in [1.807, 2.05) is 24.9 Å². The minimum Gasteiger partial charge on any atom is -0.379 e. The molecule has 0 spiro atoms. The topological polar surface area (TPSA) is 59.3 Å². The van der Waals surface area contributed by atoms with Gasteiger partial charge in [-0.2, -0.15) is 5.10 Å². The molecular weight excluding hydrogens is 292 g/mol. The molecular formula is C16H24N6O. The fourth-order valence-electron chi connectivity index (χ4n) is 3.74. The lowest BCUT2D eigenvalue weighted by atomic mass is 10.0. The molecule has 0 bridgehead atoms. The largest absolute Gasteiger partial charge is 0.379 e. The predicted molar refractivity (Wildman–Crippen MR) is 88.7 cm³/mol. The van der Waals surface area contributed by atoms with Gasteiger partial charge in [-0.1, -0.05) is 0 Å². The second kappa shape index (κ2) is 6.05. The molecule has 1 atom stereocenters. The molecule has 2 aromatic heterocycles. The summed E-state index contributed by atoms with van der Waals surface area (Å²) in [4.78, 5) is 14.3. The third kappa shape index (κ3) is 2.79. The van der Waals surface area contributed by atoms with E-state index in [0.717, 1.165) is 62.1 Å². The molecule has 0 amide bonds. The molecule has 124 valence electrons. The fraction of sp³-hybridized carbons (Fsp3) is 0.688. The number of nitrogens with zero attached hydrogens (tertiary/aromatic N) is 6. The Bertz CT molecular complexity index is 693. The number of piperidine rings is 1. The van der Waals surface area contributed by atoms with Crippen molar-refractivity contribution in [1.82, 2.24) is 24.6 Å². The minimum absolute atomic E-state index is 0.592. The monoisotopic (exact) mass is 316 g/mol. The van der Waals surface area contributed by atoms with Gasteiger partial charge >= 0.3 is 0 Å². The molecule has 2 fully saturated rings. The van der Waals surface area contributed by atoms with Crippen LogP contribution in [0.15, 0.2) is 6.20 Å². The lowest BCUT2D eigenvalue weighted by molar-refractivity contribution is 0.0137. The number of aromatic nitrogens is 4. The van der Waals surface area contributed by atoms with E-state index in [1.54, 1.807) is 0 Å². The molecule has 23 heavy (non-hydrogen) atoms. The maximum Gasteiger partial charge on any atom is 0.163 e. The molecule has 0 saturated carbocycles. The summed E-state index contributed by atoms with van der Waals surface area (Å²) in [6, 6.07) is 0.592. The smallest absolute Gasteiger partial charge is 0.163 e. The highest BCUT2D eigenvalue weighted by molar-refractivity contribution is 5.87. The van der Waals surface area contributed by atoms with Crippen LogP contribution in [0.3, 0.4) is 0 Å². The van der Waals surface area contributed by atoms with Gasteiger partial charge in [0, 0.05) is 39.3 Å². The second-order valence-electron chi connectivity index (χ2n) is 6.49. The van der Waals surface area contributed by atoms with E-state index < -0.39 is 0 Å². The zero-order valence-corrected chi connectivity index (χ0v) is 13.9. The summed E-state index contributed by atoms with van der Waals surface area (Å²) in [5.74, 6) is 1.85. The van der Waals surface area contributed by atoms with E-state index >= 15 is 0 Å². The van der Waals surface area contributed by atoms with Gasteiger partial charge in [0.05, 0.1) is 24.8 Å². The number of morpholine rings is 1. The summed E-state index contributed by atoms with van der Waals surface area (Å²) in [5, 5.41) is 5.42. The third-order valence-electron chi connectivity index (χ3n) is 4.94. The van der Waals surface area contributed by atoms with E-state index in [1.165, 1.54) is 12.8 Å². The molecule has 2 aromatic rings. The van der Waals surface area contributed by atoms with Gasteiger partial charge in [-0.15, -0.1) is 0 Å². The van der Waals surface area contributed by atoms with E-state index in [4.69, 9.17) is 9.72 Å². The summed E-state index contributed by atoms with van der Waals surface area (Å²) in [7, 11) is 1.94. The first-order chi connectivity index (χ1) is 11.2. The SMILES string of the molecule is Cc1nc(N2CCCC(N3CCOCC3)C2)c2cnn(C)c2n1. The Hall–Kier alpha value is -1.73. The molecule has 2 aliphatic rings. The lowest BCUT2D eigenvalue weighted by Crippen LogP contribution is -2.51. The third-order valence-corrected chi connectivity index (χ3v) is 4.94. The zero-order chi connectivity index (χ0) is 15.8. The van der Waals surface area contributed by atoms with Gasteiger partial charge in [-0.25, -0.2) is 9.97 Å². The molecule has 2 saturated heterocycles. The quantitative estimate of drug-likeness (QED) is 0.823. The van der Waals surface area contributed by atoms with Gasteiger partial charge in [-0.05, 0) is 19.8 Å². The Balaban J connectivity index is 1.62. The second-order valence-corrected chi connectivity index (χ2v) is 6.49. The summed E-state index contributed by atoms with van der Waals surface area (Å²) >= 11 is 0. The molecule has 1 unspecified atom stereocenters. The van der Waals surface area contributed by atoms with E-state index in [0.29, 0.717) is 6.04 Å². The molecule has 0 radical (unpaired) electrons. The average molecular weight is 316 g/mol. The highest BCUT2D eigenvalue weighted by Gasteiger charge is 2.28. The van der Waals surface area contributed by atoms with E-state index in [9.17, 15) is 0 Å². The van der Waals surface area contributed by atoms with Crippen molar-refractivity contribution in [1.29, 1.82) is 0 Å². The highest BCUT2D eigenvalue weighted by Crippen LogP contribution is 2.27. The van der Waals surface area contributed by atoms with Crippen molar-refractivity contribution < 1.29 is 4.74 Å². The van der Waals surface area contributed by atoms with Crippen LogP contribution < -0.4 is 4.90 Å². The molecule has 0 aliphatic carbocycles. The molecule has 0 N–H and O–H groups in total. The Kier molecular flexibility index (Phi) is 3.90. The van der Waals surface area contributed by atoms with Gasteiger partial charge in [0.2, 0.25) is 0 Å². The van der Waals surface area contributed by atoms with Crippen LogP contribution in [0.5, 0.6) is 0 Å². The maximum atomic E-state index is 5.49. The molecule has 7 heteroatoms. The number of rotatable bonds is 2. The van der Waals surface area contributed by atoms with E-state index in [-0.39, 0.29) is 0 Å². The lowest BCUT2D eigenvalue weighted by Gasteiger charge is -2.41. The van der Waals surface area contributed by atoms with Crippen molar-refractivity contribution in [3.63, 3.8) is 0 Å². The Morgan fingerprint density at radius 2 is 2.00 bits per heavy atom. The Morgan fingerprint density at radius 1 is 1.17 bits per heavy atom. The summed E-state index contributed by atoms with van der Waals surface area (Å²) in [5.41, 5.74) is 0.918. The van der Waals surface area contributed by atoms with Crippen LogP contribution in [-0.2, 0) is 11.8 Å². The fourth-order valence-corrected chi connectivity index (χ4v) is 3.74. The van der Waals surface area contributed by atoms with Gasteiger partial charge in [0.25, 0.3) is 0 Å². The van der Waals surface area contributed by atoms with Crippen LogP contribution in [0.25, 0.3) is 11.0 Å². The number of anilines is 1. The van der Waals surface area contributed by atoms with Crippen LogP contribution in [0.1, 0.15) is 18.7 Å². The predicted octanol–water partition coefficient (Wildman–Crippen LogP) is 0.973. The zero-order valence-electron chi connectivity index (χ0n) is 13.9. The number of aryl methyl sites for hydroxylation is 2. The highest BCUT2D eigenvalue weighted by atomic mass is 16.5. The maximum absolute atomic E-state index is 5.49. The summed E-state index contributed by atoms with van der Waals surface area (Å²) in [6.45, 7) is 7.85. The number of hydrogen-bond donors (Lipinski definition) is 0. The van der Waals surface area contributed by atoms with Crippen LogP contribution in [0, 0.1) is 6.92 Å². The molecule has 7 nitrogen and oxygen atoms in total. The number of hydrogen-bond acceptors (Lipinski definition) is 6. The van der Waals surface area contributed by atoms with E-state index in [2.05, 4.69) is 19.9 Å². The van der Waals surface area contributed by atoms with Crippen molar-refractivity contribution in [2.75, 3.05) is 44.3 Å². The standard InChI is InChI=1S/C16H24N6O/c1-12-18-15-14(10-17-20(15)2)16(19-12)22-5-3-4-13(11-22)21-6-8-23-9-7-21/h10,13H,3-9,11H2,1-2H3. The molecule has 4 heterocycles. The van der Waals surface area contributed by atoms with Crippen LogP contribution in [0.2, 0.25) is 0 Å². The van der Waals surface area contributed by atoms with Crippen LogP contribution in [0.4, 0.5) is 5.82 Å². The van der Waals surface area contributed by atoms with Gasteiger partial charge in [0.15, 0.2) is 5.65 Å². The van der Waals surface area contributed by atoms with Crippen LogP contribution >= 0.6 is 0 Å². The van der Waals surface area contributed by atoms with Crippen molar-refractivity contribution in [3.05, 3.63) is 12.0 Å². The Labute approximate surface area is 136 Å². The Morgan fingerprint density at radius 3 is 2.83 bits per heavy atom. The van der Waals surface area contributed by atoms with Crippen molar-refractivity contribution in [2.45, 2.75) is 25.8 Å². The van der Waals surface area contributed by atoms with Gasteiger partial charge < -0.3 is 9.64 Å². The average Bonchev–Trinajstić information content (AvgIpc) is 2.96. The first-order valence-corrected chi connectivity index (χ1v) is 8.45. The van der Waals surface area contributed by atoms with Crippen molar-refractivity contribution >= 4 is 16.9 Å². The molecule has 4 rings (SSSR count). The summed E-state index contributed by atoms with van der Waals surface area (Å²) in [6.07, 6.45) is 4.35. The minimum atomic E-state index is 0.592. The van der Waals surface area contributed by atoms with Crippen LogP contribution in [-0.4, -0.2) is 70.1 Å². The van der Waals surface area contributed by atoms with Crippen molar-refractivity contribution in [3.8, 4) is 0 Å². The number of fused-ring (bicyclic) bond motifs is 1. The number of ether oxygens (including phenoxy) is 1. The van der Waals surface area contributed by atoms with Gasteiger partial charge in [0.1, 0.15) is 11.6 Å². The summed E-state index contributed by atoms with van der Waals surface area (Å²) < 4.78 is 7.32.